The predicted molar refractivity (Wildman–Crippen MR) is 237 cm³/mol. The fourth-order valence-electron chi connectivity index (χ4n) is 8.45. The lowest BCUT2D eigenvalue weighted by molar-refractivity contribution is 0.442. The molecule has 5 atom stereocenters. The molecule has 0 spiro atoms. The van der Waals surface area contributed by atoms with Crippen molar-refractivity contribution in [3.63, 3.8) is 0 Å². The van der Waals surface area contributed by atoms with Crippen molar-refractivity contribution >= 4 is 28.8 Å². The zero-order valence-electron chi connectivity index (χ0n) is 32.6. The van der Waals surface area contributed by atoms with Crippen LogP contribution in [0.25, 0.3) is 11.3 Å². The summed E-state index contributed by atoms with van der Waals surface area (Å²) in [6.07, 6.45) is 39.8. The molecule has 6 heteroatoms. The molecular formula is C51H48N6. The zero-order chi connectivity index (χ0) is 38.6. The van der Waals surface area contributed by atoms with Crippen LogP contribution < -0.4 is 5.32 Å². The number of pyridine rings is 1. The number of nitrogens with one attached hydrogen (secondary N) is 1. The van der Waals surface area contributed by atoms with E-state index in [0.29, 0.717) is 17.8 Å². The Kier molecular flexibility index (Phi) is 10.4. The van der Waals surface area contributed by atoms with Crippen LogP contribution in [0.2, 0.25) is 0 Å². The van der Waals surface area contributed by atoms with E-state index in [-0.39, 0.29) is 12.2 Å². The quantitative estimate of drug-likeness (QED) is 0.250. The lowest BCUT2D eigenvalue weighted by Gasteiger charge is -2.34. The van der Waals surface area contributed by atoms with Gasteiger partial charge in [-0.25, -0.2) is 15.0 Å². The first kappa shape index (κ1) is 36.3. The van der Waals surface area contributed by atoms with Crippen molar-refractivity contribution in [2.45, 2.75) is 44.8 Å². The largest absolute Gasteiger partial charge is 0.349 e. The molecule has 0 fully saturated rings. The van der Waals surface area contributed by atoms with Gasteiger partial charge < -0.3 is 10.2 Å². The molecular weight excluding hydrogens is 697 g/mol. The number of nitrogens with zero attached hydrogens (tertiary/aromatic N) is 5. The Morgan fingerprint density at radius 2 is 1.47 bits per heavy atom. The number of allylic oxidation sites excluding steroid dienone is 12. The van der Waals surface area contributed by atoms with Gasteiger partial charge in [0.1, 0.15) is 17.8 Å². The van der Waals surface area contributed by atoms with E-state index >= 15 is 0 Å². The lowest BCUT2D eigenvalue weighted by Crippen LogP contribution is -2.40. The molecule has 2 aliphatic heterocycles. The van der Waals surface area contributed by atoms with Crippen LogP contribution in [0.5, 0.6) is 0 Å². The van der Waals surface area contributed by atoms with Gasteiger partial charge in [-0.15, -0.1) is 0 Å². The minimum atomic E-state index is -0.225. The van der Waals surface area contributed by atoms with Gasteiger partial charge in [0.2, 0.25) is 0 Å². The maximum Gasteiger partial charge on any atom is 0.159 e. The van der Waals surface area contributed by atoms with E-state index in [4.69, 9.17) is 20.0 Å². The van der Waals surface area contributed by atoms with E-state index in [1.807, 2.05) is 12.3 Å². The van der Waals surface area contributed by atoms with Crippen molar-refractivity contribution in [1.29, 1.82) is 0 Å². The summed E-state index contributed by atoms with van der Waals surface area (Å²) < 4.78 is 0. The van der Waals surface area contributed by atoms with Gasteiger partial charge in [-0.3, -0.25) is 4.98 Å². The molecule has 57 heavy (non-hydrogen) atoms. The van der Waals surface area contributed by atoms with Crippen LogP contribution in [0.3, 0.4) is 0 Å². The molecule has 0 saturated carbocycles. The summed E-state index contributed by atoms with van der Waals surface area (Å²) in [6.45, 7) is 2.31. The summed E-state index contributed by atoms with van der Waals surface area (Å²) in [4.78, 5) is 23.1. The molecule has 4 aliphatic carbocycles. The minimum Gasteiger partial charge on any atom is -0.349 e. The maximum absolute atomic E-state index is 5.36. The summed E-state index contributed by atoms with van der Waals surface area (Å²) in [6, 6.07) is 25.1. The highest BCUT2D eigenvalue weighted by atomic mass is 15.2. The SMILES string of the molecule is CC1C=CC=CC1C1C=CC=C(C2C=C(c3ccnc(C4=CCCC=C4C4=NC(C5=CCCC=C5)NC(c5ccccc5)=N4)c3)N=C(c3ccccc3)N2C)C=C1. The maximum atomic E-state index is 5.36. The Hall–Kier alpha value is -6.40. The van der Waals surface area contributed by atoms with Crippen molar-refractivity contribution in [2.24, 2.45) is 32.7 Å². The van der Waals surface area contributed by atoms with Crippen molar-refractivity contribution in [3.8, 4) is 0 Å². The van der Waals surface area contributed by atoms with Gasteiger partial charge in [-0.2, -0.15) is 0 Å². The molecule has 1 aromatic heterocycles. The summed E-state index contributed by atoms with van der Waals surface area (Å²) >= 11 is 0. The number of amidine groups is 3. The summed E-state index contributed by atoms with van der Waals surface area (Å²) in [7, 11) is 2.15. The molecule has 6 aliphatic rings. The Labute approximate surface area is 336 Å². The number of hydrogen-bond donors (Lipinski definition) is 1. The molecule has 6 nitrogen and oxygen atoms in total. The predicted octanol–water partition coefficient (Wildman–Crippen LogP) is 10.4. The van der Waals surface area contributed by atoms with E-state index in [9.17, 15) is 0 Å². The van der Waals surface area contributed by atoms with Gasteiger partial charge in [0.15, 0.2) is 5.84 Å². The topological polar surface area (TPSA) is 65.2 Å². The van der Waals surface area contributed by atoms with Crippen molar-refractivity contribution in [3.05, 3.63) is 209 Å². The van der Waals surface area contributed by atoms with Gasteiger partial charge >= 0.3 is 0 Å². The molecule has 0 bridgehead atoms. The first-order valence-electron chi connectivity index (χ1n) is 20.3. The standard InChI is InChI=1S/C51H48N6/c1-35-17-12-13-26-42(35)36-24-16-25-37(30-29-36)47-34-45(53-51(57(47)2)40-22-10-5-11-23-40)41-31-32-52-46(33-41)43-27-14-15-28-44(43)50-55-48(38-18-6-3-7-19-38)54-49(56-50)39-20-8-4-9-21-39/h3,5-8,10-13,16-36,42,47,49H,4,9,14-15H2,1-2H3,(H,54,55,56). The molecule has 3 heterocycles. The summed E-state index contributed by atoms with van der Waals surface area (Å²) in [5.74, 6) is 3.74. The van der Waals surface area contributed by atoms with E-state index in [1.54, 1.807) is 0 Å². The number of hydrogen-bond acceptors (Lipinski definition) is 6. The molecule has 282 valence electrons. The highest BCUT2D eigenvalue weighted by Crippen LogP contribution is 2.36. The number of aromatic nitrogens is 1. The third kappa shape index (κ3) is 7.73. The zero-order valence-corrected chi connectivity index (χ0v) is 32.6. The van der Waals surface area contributed by atoms with Crippen LogP contribution in [0.4, 0.5) is 0 Å². The molecule has 9 rings (SSSR count). The summed E-state index contributed by atoms with van der Waals surface area (Å²) in [5, 5.41) is 3.63. The second-order valence-corrected chi connectivity index (χ2v) is 15.4. The Morgan fingerprint density at radius 1 is 0.702 bits per heavy atom. The highest BCUT2D eigenvalue weighted by molar-refractivity contribution is 6.19. The van der Waals surface area contributed by atoms with Crippen LogP contribution in [0.15, 0.2) is 202 Å². The second-order valence-electron chi connectivity index (χ2n) is 15.4. The number of likely N-dealkylation sites (N-methyl/N-ethyl adjacent to an activating group) is 1. The number of rotatable bonds is 8. The number of aliphatic imine (C=N–C) groups is 3. The molecule has 1 N–H and O–H groups in total. The average Bonchev–Trinajstić information content (AvgIpc) is 3.54. The molecule has 2 aromatic carbocycles. The molecule has 3 aromatic rings. The lowest BCUT2D eigenvalue weighted by atomic mass is 9.79. The van der Waals surface area contributed by atoms with Crippen LogP contribution in [0, 0.1) is 17.8 Å². The highest BCUT2D eigenvalue weighted by Gasteiger charge is 2.29. The second kappa shape index (κ2) is 16.4. The van der Waals surface area contributed by atoms with Crippen LogP contribution in [-0.2, 0) is 0 Å². The van der Waals surface area contributed by atoms with Crippen molar-refractivity contribution in [2.75, 3.05) is 7.05 Å². The summed E-state index contributed by atoms with van der Waals surface area (Å²) in [5.41, 5.74) is 9.42. The smallest absolute Gasteiger partial charge is 0.159 e. The third-order valence-electron chi connectivity index (χ3n) is 11.6. The molecule has 0 radical (unpaired) electrons. The third-order valence-corrected chi connectivity index (χ3v) is 11.6. The van der Waals surface area contributed by atoms with Gasteiger partial charge in [0.25, 0.3) is 0 Å². The van der Waals surface area contributed by atoms with E-state index < -0.39 is 0 Å². The van der Waals surface area contributed by atoms with Crippen LogP contribution in [0.1, 0.15) is 55.0 Å². The van der Waals surface area contributed by atoms with E-state index in [2.05, 4.69) is 182 Å². The monoisotopic (exact) mass is 744 g/mol. The van der Waals surface area contributed by atoms with E-state index in [1.165, 1.54) is 11.1 Å². The van der Waals surface area contributed by atoms with Gasteiger partial charge in [0, 0.05) is 47.0 Å². The average molecular weight is 745 g/mol. The molecule has 5 unspecified atom stereocenters. The van der Waals surface area contributed by atoms with Crippen molar-refractivity contribution in [1.82, 2.24) is 15.2 Å². The van der Waals surface area contributed by atoms with Crippen LogP contribution >= 0.6 is 0 Å². The van der Waals surface area contributed by atoms with Gasteiger partial charge in [0.05, 0.1) is 17.4 Å². The van der Waals surface area contributed by atoms with Gasteiger partial charge in [-0.05, 0) is 66.9 Å². The first-order valence-corrected chi connectivity index (χ1v) is 20.3. The van der Waals surface area contributed by atoms with Crippen LogP contribution in [-0.4, -0.2) is 46.6 Å². The Balaban J connectivity index is 1.07. The van der Waals surface area contributed by atoms with Crippen molar-refractivity contribution < 1.29 is 0 Å². The first-order chi connectivity index (χ1) is 28.1. The minimum absolute atomic E-state index is 0.0255. The normalized spacial score (nSPS) is 25.5. The van der Waals surface area contributed by atoms with Gasteiger partial charge in [-0.1, -0.05) is 153 Å². The fraction of sp³-hybridized carbons (Fsp3) is 0.216. The fourth-order valence-corrected chi connectivity index (χ4v) is 8.45. The van der Waals surface area contributed by atoms with E-state index in [0.717, 1.165) is 82.4 Å². The molecule has 0 saturated heterocycles. The molecule has 0 amide bonds. The number of benzene rings is 2. The Bertz CT molecular complexity index is 2430. The Morgan fingerprint density at radius 3 is 2.26 bits per heavy atom.